The third-order valence-corrected chi connectivity index (χ3v) is 5.20. The Bertz CT molecular complexity index is 437. The molecule has 0 rings (SSSR count). The molecule has 0 radical (unpaired) electrons. The first-order valence-corrected chi connectivity index (χ1v) is 13.6. The topological polar surface area (TPSA) is 61.8 Å². The molecule has 2 atom stereocenters. The third-order valence-electron chi connectivity index (χ3n) is 5.20. The molecule has 34 heavy (non-hydrogen) atoms. The zero-order chi connectivity index (χ0) is 27.4. The van der Waals surface area contributed by atoms with E-state index in [1.165, 1.54) is 25.7 Å². The molecular formula is C29H60O5. The number of carbonyl (C=O) groups excluding carboxylic acids is 2. The second-order valence-corrected chi connectivity index (χ2v) is 11.6. The Hall–Kier alpha value is -1.26. The fraction of sp³-hybridized carbons (Fsp3) is 0.931. The number of hydrogen-bond acceptors (Lipinski definition) is 5. The fourth-order valence-corrected chi connectivity index (χ4v) is 2.34. The highest BCUT2D eigenvalue weighted by Gasteiger charge is 2.15. The van der Waals surface area contributed by atoms with Crippen LogP contribution in [-0.4, -0.2) is 30.4 Å². The Kier molecular flexibility index (Phi) is 24.4. The lowest BCUT2D eigenvalue weighted by Crippen LogP contribution is -2.22. The summed E-state index contributed by atoms with van der Waals surface area (Å²) in [5.74, 6) is 2.83. The summed E-state index contributed by atoms with van der Waals surface area (Å²) in [7, 11) is 0. The van der Waals surface area contributed by atoms with Crippen LogP contribution < -0.4 is 0 Å². The molecule has 0 aliphatic rings. The quantitative estimate of drug-likeness (QED) is 0.202. The molecule has 206 valence electrons. The molecule has 0 aliphatic heterocycles. The lowest BCUT2D eigenvalue weighted by Gasteiger charge is -2.17. The van der Waals surface area contributed by atoms with Crippen LogP contribution in [0.4, 0.5) is 4.79 Å². The highest BCUT2D eigenvalue weighted by molar-refractivity contribution is 5.69. The predicted molar refractivity (Wildman–Crippen MR) is 145 cm³/mol. The van der Waals surface area contributed by atoms with Crippen molar-refractivity contribution in [1.29, 1.82) is 0 Å². The Morgan fingerprint density at radius 2 is 0.912 bits per heavy atom. The molecule has 0 fully saturated rings. The standard InChI is InChI=1S/C10H20O2.C10H22.C9H18O3/c1-7(2)6-10(11)12-9(5)8(3)4;1-9(2)7-5-6-8-10(3)4;1-6(2)8(5)12-9(10)11-7(3)4/h7-9H,6H2,1-5H3;9-10H,5-8H2,1-4H3;6-8H,1-5H3. The molecule has 0 aromatic carbocycles. The van der Waals surface area contributed by atoms with Gasteiger partial charge in [0.1, 0.15) is 12.2 Å². The summed E-state index contributed by atoms with van der Waals surface area (Å²) in [5, 5.41) is 0. The van der Waals surface area contributed by atoms with E-state index in [-0.39, 0.29) is 24.3 Å². The van der Waals surface area contributed by atoms with Gasteiger partial charge in [0.05, 0.1) is 6.10 Å². The maximum atomic E-state index is 11.1. The zero-order valence-corrected chi connectivity index (χ0v) is 25.2. The fourth-order valence-electron chi connectivity index (χ4n) is 2.34. The van der Waals surface area contributed by atoms with E-state index in [9.17, 15) is 9.59 Å². The van der Waals surface area contributed by atoms with E-state index in [0.717, 1.165) is 11.8 Å². The first-order chi connectivity index (χ1) is 15.5. The van der Waals surface area contributed by atoms with Crippen molar-refractivity contribution in [2.75, 3.05) is 0 Å². The molecular weight excluding hydrogens is 428 g/mol. The average molecular weight is 489 g/mol. The Morgan fingerprint density at radius 1 is 0.529 bits per heavy atom. The number of ether oxygens (including phenoxy) is 3. The summed E-state index contributed by atoms with van der Waals surface area (Å²) in [4.78, 5) is 22.1. The van der Waals surface area contributed by atoms with Gasteiger partial charge in [-0.05, 0) is 57.3 Å². The molecule has 0 saturated heterocycles. The van der Waals surface area contributed by atoms with Gasteiger partial charge in [-0.3, -0.25) is 4.79 Å². The molecule has 5 heteroatoms. The van der Waals surface area contributed by atoms with Crippen LogP contribution in [0.25, 0.3) is 0 Å². The molecule has 0 heterocycles. The predicted octanol–water partition coefficient (Wildman–Crippen LogP) is 9.07. The summed E-state index contributed by atoms with van der Waals surface area (Å²) in [6, 6.07) is 0. The summed E-state index contributed by atoms with van der Waals surface area (Å²) in [6.07, 6.45) is 5.46. The maximum absolute atomic E-state index is 11.1. The molecule has 0 bridgehead atoms. The van der Waals surface area contributed by atoms with Crippen LogP contribution in [0.3, 0.4) is 0 Å². The van der Waals surface area contributed by atoms with Crippen LogP contribution >= 0.6 is 0 Å². The molecule has 0 spiro atoms. The lowest BCUT2D eigenvalue weighted by atomic mass is 10.0. The number of hydrogen-bond donors (Lipinski definition) is 0. The highest BCUT2D eigenvalue weighted by atomic mass is 16.7. The van der Waals surface area contributed by atoms with Crippen LogP contribution in [0.2, 0.25) is 0 Å². The van der Waals surface area contributed by atoms with Gasteiger partial charge in [-0.25, -0.2) is 4.79 Å². The second kappa shape index (κ2) is 22.2. The third kappa shape index (κ3) is 30.7. The number of rotatable bonds is 12. The van der Waals surface area contributed by atoms with Crippen molar-refractivity contribution in [3.8, 4) is 0 Å². The second-order valence-electron chi connectivity index (χ2n) is 11.6. The Labute approximate surface area is 213 Å². The van der Waals surface area contributed by atoms with Gasteiger partial charge in [-0.15, -0.1) is 0 Å². The Morgan fingerprint density at radius 3 is 1.21 bits per heavy atom. The van der Waals surface area contributed by atoms with E-state index in [1.54, 1.807) is 13.8 Å². The SMILES string of the molecule is CC(C)CC(=O)OC(C)C(C)C.CC(C)CCCCC(C)C.CC(C)OC(=O)OC(C)C(C)C. The summed E-state index contributed by atoms with van der Waals surface area (Å²) < 4.78 is 15.0. The molecule has 0 N–H and O–H groups in total. The Balaban J connectivity index is -0.000000426. The monoisotopic (exact) mass is 488 g/mol. The van der Waals surface area contributed by atoms with Crippen molar-refractivity contribution in [1.82, 2.24) is 0 Å². The summed E-state index contributed by atoms with van der Waals surface area (Å²) in [5.41, 5.74) is 0. The first-order valence-electron chi connectivity index (χ1n) is 13.6. The van der Waals surface area contributed by atoms with Crippen molar-refractivity contribution in [3.05, 3.63) is 0 Å². The minimum Gasteiger partial charge on any atom is -0.462 e. The molecule has 0 amide bonds. The van der Waals surface area contributed by atoms with Crippen molar-refractivity contribution in [2.24, 2.45) is 29.6 Å². The van der Waals surface area contributed by atoms with E-state index in [1.807, 2.05) is 55.4 Å². The van der Waals surface area contributed by atoms with Crippen LogP contribution in [-0.2, 0) is 19.0 Å². The number of carbonyl (C=O) groups is 2. The van der Waals surface area contributed by atoms with Crippen LogP contribution in [0, 0.1) is 29.6 Å². The van der Waals surface area contributed by atoms with Gasteiger partial charge in [0.15, 0.2) is 0 Å². The largest absolute Gasteiger partial charge is 0.508 e. The normalized spacial score (nSPS) is 12.8. The van der Waals surface area contributed by atoms with Gasteiger partial charge >= 0.3 is 12.1 Å². The maximum Gasteiger partial charge on any atom is 0.508 e. The van der Waals surface area contributed by atoms with Crippen molar-refractivity contribution in [2.45, 2.75) is 147 Å². The van der Waals surface area contributed by atoms with Gasteiger partial charge < -0.3 is 14.2 Å². The molecule has 0 saturated carbocycles. The molecule has 0 aromatic rings. The van der Waals surface area contributed by atoms with Crippen molar-refractivity contribution >= 4 is 12.1 Å². The zero-order valence-electron chi connectivity index (χ0n) is 25.2. The number of unbranched alkanes of at least 4 members (excludes halogenated alkanes) is 1. The van der Waals surface area contributed by atoms with Gasteiger partial charge in [-0.2, -0.15) is 0 Å². The lowest BCUT2D eigenvalue weighted by molar-refractivity contribution is -0.151. The van der Waals surface area contributed by atoms with Gasteiger partial charge in [0, 0.05) is 6.42 Å². The minimum atomic E-state index is -0.578. The van der Waals surface area contributed by atoms with E-state index in [0.29, 0.717) is 24.2 Å². The summed E-state index contributed by atoms with van der Waals surface area (Å²) in [6.45, 7) is 28.7. The van der Waals surface area contributed by atoms with Gasteiger partial charge in [0.2, 0.25) is 0 Å². The molecule has 2 unspecified atom stereocenters. The van der Waals surface area contributed by atoms with Crippen LogP contribution in [0.5, 0.6) is 0 Å². The van der Waals surface area contributed by atoms with E-state index >= 15 is 0 Å². The van der Waals surface area contributed by atoms with E-state index < -0.39 is 6.16 Å². The smallest absolute Gasteiger partial charge is 0.462 e. The van der Waals surface area contributed by atoms with Crippen molar-refractivity contribution in [3.63, 3.8) is 0 Å². The minimum absolute atomic E-state index is 0.0382. The molecule has 0 aliphatic carbocycles. The average Bonchev–Trinajstić information content (AvgIpc) is 2.64. The molecule has 5 nitrogen and oxygen atoms in total. The van der Waals surface area contributed by atoms with E-state index in [2.05, 4.69) is 27.7 Å². The summed E-state index contributed by atoms with van der Waals surface area (Å²) >= 11 is 0. The van der Waals surface area contributed by atoms with Crippen LogP contribution in [0.15, 0.2) is 0 Å². The number of esters is 1. The highest BCUT2D eigenvalue weighted by Crippen LogP contribution is 2.12. The van der Waals surface area contributed by atoms with Crippen molar-refractivity contribution < 1.29 is 23.8 Å². The van der Waals surface area contributed by atoms with E-state index in [4.69, 9.17) is 14.2 Å². The van der Waals surface area contributed by atoms with Gasteiger partial charge in [0.25, 0.3) is 0 Å². The first kappa shape index (κ1) is 37.3. The molecule has 0 aromatic heterocycles. The van der Waals surface area contributed by atoms with Crippen LogP contribution in [0.1, 0.15) is 129 Å². The van der Waals surface area contributed by atoms with Gasteiger partial charge in [-0.1, -0.05) is 94.9 Å².